The van der Waals surface area contributed by atoms with Crippen LogP contribution in [-0.2, 0) is 21.4 Å². The first-order chi connectivity index (χ1) is 15.8. The number of hydrogen-bond acceptors (Lipinski definition) is 6. The van der Waals surface area contributed by atoms with Crippen LogP contribution in [0.4, 0.5) is 0 Å². The first-order valence-corrected chi connectivity index (χ1v) is 12.1. The fourth-order valence-corrected chi connectivity index (χ4v) is 5.37. The van der Waals surface area contributed by atoms with Crippen molar-refractivity contribution in [3.63, 3.8) is 0 Å². The number of sulfonamides is 1. The molecule has 1 aliphatic heterocycles. The van der Waals surface area contributed by atoms with Crippen LogP contribution in [0, 0.1) is 6.92 Å². The zero-order chi connectivity index (χ0) is 23.6. The molecule has 9 nitrogen and oxygen atoms in total. The minimum absolute atomic E-state index is 0.118. The zero-order valence-corrected chi connectivity index (χ0v) is 19.4. The van der Waals surface area contributed by atoms with E-state index in [1.165, 1.54) is 34.4 Å². The molecule has 0 spiro atoms. The first kappa shape index (κ1) is 22.9. The number of carbonyl (C=O) groups is 1. The summed E-state index contributed by atoms with van der Waals surface area (Å²) in [5, 5.41) is 0.530. The number of amides is 1. The molecule has 0 saturated carbocycles. The van der Waals surface area contributed by atoms with E-state index < -0.39 is 10.0 Å². The maximum absolute atomic E-state index is 12.9. The minimum Gasteiger partial charge on any atom is -0.497 e. The quantitative estimate of drug-likeness (QED) is 0.543. The largest absolute Gasteiger partial charge is 0.497 e. The van der Waals surface area contributed by atoms with Crippen molar-refractivity contribution in [2.75, 3.05) is 33.3 Å². The molecule has 174 valence electrons. The number of benzene rings is 2. The Labute approximate surface area is 192 Å². The first-order valence-electron chi connectivity index (χ1n) is 10.7. The average Bonchev–Trinajstić information content (AvgIpc) is 2.84. The molecular weight excluding hydrogens is 444 g/mol. The van der Waals surface area contributed by atoms with Crippen molar-refractivity contribution in [1.82, 2.24) is 18.8 Å². The number of methoxy groups -OCH3 is 1. The van der Waals surface area contributed by atoms with Crippen LogP contribution < -0.4 is 10.3 Å². The monoisotopic (exact) mass is 470 g/mol. The van der Waals surface area contributed by atoms with Crippen LogP contribution >= 0.6 is 0 Å². The topological polar surface area (TPSA) is 102 Å². The van der Waals surface area contributed by atoms with Crippen molar-refractivity contribution in [2.24, 2.45) is 0 Å². The lowest BCUT2D eigenvalue weighted by molar-refractivity contribution is -0.132. The SMILES string of the molecule is COc1ccc(S(=O)(=O)N2CCN(C(=O)CCn3cnc4c(C)cccc4c3=O)CC2)cc1. The Kier molecular flexibility index (Phi) is 6.48. The van der Waals surface area contributed by atoms with Gasteiger partial charge in [-0.25, -0.2) is 13.4 Å². The summed E-state index contributed by atoms with van der Waals surface area (Å²) in [4.78, 5) is 31.6. The number of hydrogen-bond donors (Lipinski definition) is 0. The highest BCUT2D eigenvalue weighted by molar-refractivity contribution is 7.89. The molecule has 3 aromatic rings. The van der Waals surface area contributed by atoms with E-state index >= 15 is 0 Å². The Balaban J connectivity index is 1.36. The highest BCUT2D eigenvalue weighted by Crippen LogP contribution is 2.21. The Morgan fingerprint density at radius 2 is 1.76 bits per heavy atom. The number of aryl methyl sites for hydroxylation is 2. The lowest BCUT2D eigenvalue weighted by Gasteiger charge is -2.34. The summed E-state index contributed by atoms with van der Waals surface area (Å²) in [6, 6.07) is 11.7. The van der Waals surface area contributed by atoms with Gasteiger partial charge in [-0.3, -0.25) is 14.2 Å². The molecule has 4 rings (SSSR count). The number of aromatic nitrogens is 2. The lowest BCUT2D eigenvalue weighted by Crippen LogP contribution is -2.50. The maximum atomic E-state index is 12.9. The summed E-state index contributed by atoms with van der Waals surface area (Å²) in [5.74, 6) is 0.466. The molecule has 0 radical (unpaired) electrons. The number of carbonyl (C=O) groups excluding carboxylic acids is 1. The number of ether oxygens (including phenoxy) is 1. The molecule has 1 amide bonds. The summed E-state index contributed by atoms with van der Waals surface area (Å²) in [7, 11) is -2.11. The van der Waals surface area contributed by atoms with E-state index in [2.05, 4.69) is 4.98 Å². The van der Waals surface area contributed by atoms with Crippen molar-refractivity contribution in [3.8, 4) is 5.75 Å². The van der Waals surface area contributed by atoms with Gasteiger partial charge < -0.3 is 9.64 Å². The van der Waals surface area contributed by atoms with Gasteiger partial charge in [-0.2, -0.15) is 4.31 Å². The van der Waals surface area contributed by atoms with Crippen LogP contribution in [-0.4, -0.2) is 66.4 Å². The number of rotatable bonds is 6. The van der Waals surface area contributed by atoms with Crippen LogP contribution in [0.5, 0.6) is 5.75 Å². The second kappa shape index (κ2) is 9.32. The lowest BCUT2D eigenvalue weighted by atomic mass is 10.1. The van der Waals surface area contributed by atoms with E-state index in [0.29, 0.717) is 29.7 Å². The summed E-state index contributed by atoms with van der Waals surface area (Å²) < 4.78 is 33.7. The van der Waals surface area contributed by atoms with Gasteiger partial charge in [0.2, 0.25) is 15.9 Å². The van der Waals surface area contributed by atoms with E-state index in [4.69, 9.17) is 4.74 Å². The molecule has 2 heterocycles. The molecule has 0 unspecified atom stereocenters. The minimum atomic E-state index is -3.64. The third-order valence-electron chi connectivity index (χ3n) is 5.91. The molecule has 1 fully saturated rings. The Bertz CT molecular complexity index is 1330. The molecule has 0 bridgehead atoms. The molecule has 0 N–H and O–H groups in total. The van der Waals surface area contributed by atoms with Crippen molar-refractivity contribution in [3.05, 3.63) is 64.7 Å². The molecule has 2 aromatic carbocycles. The predicted octanol–water partition coefficient (Wildman–Crippen LogP) is 1.64. The Morgan fingerprint density at radius 1 is 1.06 bits per heavy atom. The van der Waals surface area contributed by atoms with E-state index in [0.717, 1.165) is 5.56 Å². The number of piperazine rings is 1. The van der Waals surface area contributed by atoms with Crippen LogP contribution in [0.2, 0.25) is 0 Å². The van der Waals surface area contributed by atoms with E-state index in [9.17, 15) is 18.0 Å². The third kappa shape index (κ3) is 4.62. The van der Waals surface area contributed by atoms with E-state index in [-0.39, 0.29) is 42.4 Å². The number of fused-ring (bicyclic) bond motifs is 1. The van der Waals surface area contributed by atoms with Crippen LogP contribution in [0.3, 0.4) is 0 Å². The molecule has 33 heavy (non-hydrogen) atoms. The molecular formula is C23H26N4O5S. The Morgan fingerprint density at radius 3 is 2.42 bits per heavy atom. The average molecular weight is 471 g/mol. The van der Waals surface area contributed by atoms with Gasteiger partial charge in [0.25, 0.3) is 5.56 Å². The van der Waals surface area contributed by atoms with Crippen molar-refractivity contribution < 1.29 is 17.9 Å². The normalized spacial score (nSPS) is 15.0. The van der Waals surface area contributed by atoms with Gasteiger partial charge in [0.15, 0.2) is 0 Å². The summed E-state index contributed by atoms with van der Waals surface area (Å²) in [6.07, 6.45) is 1.62. The van der Waals surface area contributed by atoms with Crippen LogP contribution in [0.25, 0.3) is 10.9 Å². The Hall–Kier alpha value is -3.24. The fourth-order valence-electron chi connectivity index (χ4n) is 3.95. The van der Waals surface area contributed by atoms with E-state index in [1.54, 1.807) is 23.1 Å². The summed E-state index contributed by atoms with van der Waals surface area (Å²) in [5.41, 5.74) is 1.42. The highest BCUT2D eigenvalue weighted by Gasteiger charge is 2.30. The van der Waals surface area contributed by atoms with E-state index in [1.807, 2.05) is 19.1 Å². The van der Waals surface area contributed by atoms with Crippen molar-refractivity contribution in [1.29, 1.82) is 0 Å². The molecule has 1 saturated heterocycles. The summed E-state index contributed by atoms with van der Waals surface area (Å²) in [6.45, 7) is 3.17. The third-order valence-corrected chi connectivity index (χ3v) is 7.82. The summed E-state index contributed by atoms with van der Waals surface area (Å²) >= 11 is 0. The molecule has 0 aliphatic carbocycles. The molecule has 10 heteroatoms. The highest BCUT2D eigenvalue weighted by atomic mass is 32.2. The second-order valence-corrected chi connectivity index (χ2v) is 9.86. The molecule has 1 aromatic heterocycles. The predicted molar refractivity (Wildman–Crippen MR) is 124 cm³/mol. The number of para-hydroxylation sites is 1. The standard InChI is InChI=1S/C23H26N4O5S/c1-17-4-3-5-20-22(17)24-16-26(23(20)29)11-10-21(28)25-12-14-27(15-13-25)33(30,31)19-8-6-18(32-2)7-9-19/h3-9,16H,10-15H2,1-2H3. The second-order valence-electron chi connectivity index (χ2n) is 7.92. The van der Waals surface area contributed by atoms with Gasteiger partial charge in [-0.1, -0.05) is 12.1 Å². The van der Waals surface area contributed by atoms with Crippen molar-refractivity contribution in [2.45, 2.75) is 24.8 Å². The number of nitrogens with zero attached hydrogens (tertiary/aromatic N) is 4. The molecule has 1 aliphatic rings. The zero-order valence-electron chi connectivity index (χ0n) is 18.6. The maximum Gasteiger partial charge on any atom is 0.261 e. The fraction of sp³-hybridized carbons (Fsp3) is 0.348. The van der Waals surface area contributed by atoms with Gasteiger partial charge in [0.1, 0.15) is 5.75 Å². The van der Waals surface area contributed by atoms with Gasteiger partial charge in [0.05, 0.1) is 29.2 Å². The smallest absolute Gasteiger partial charge is 0.261 e. The molecule has 0 atom stereocenters. The van der Waals surface area contributed by atoms with Gasteiger partial charge >= 0.3 is 0 Å². The van der Waals surface area contributed by atoms with Crippen LogP contribution in [0.1, 0.15) is 12.0 Å². The van der Waals surface area contributed by atoms with Gasteiger partial charge in [-0.15, -0.1) is 0 Å². The van der Waals surface area contributed by atoms with Gasteiger partial charge in [0, 0.05) is 39.1 Å². The van der Waals surface area contributed by atoms with Crippen molar-refractivity contribution >= 4 is 26.8 Å². The van der Waals surface area contributed by atoms with Gasteiger partial charge in [-0.05, 0) is 42.8 Å². The van der Waals surface area contributed by atoms with Crippen LogP contribution in [0.15, 0.2) is 58.5 Å².